The molecule has 21 heavy (non-hydrogen) atoms. The highest BCUT2D eigenvalue weighted by atomic mass is 32.2. The number of rotatable bonds is 3. The zero-order chi connectivity index (χ0) is 15.0. The van der Waals surface area contributed by atoms with E-state index in [9.17, 15) is 8.42 Å². The van der Waals surface area contributed by atoms with Gasteiger partial charge in [0.25, 0.3) is 0 Å². The number of hydrogen-bond acceptors (Lipinski definition) is 5. The van der Waals surface area contributed by atoms with Gasteiger partial charge in [0, 0.05) is 30.9 Å². The molecule has 1 fully saturated rings. The van der Waals surface area contributed by atoms with Gasteiger partial charge in [0.1, 0.15) is 4.90 Å². The number of nitrogens with two attached hydrogens (primary N) is 1. The molecule has 0 bridgehead atoms. The number of ether oxygens (including phenoxy) is 1. The highest BCUT2D eigenvalue weighted by Gasteiger charge is 2.32. The number of likely N-dealkylation sites (N-methyl/N-ethyl adjacent to an activating group) is 1. The molecule has 2 heterocycles. The zero-order valence-electron chi connectivity index (χ0n) is 11.7. The summed E-state index contributed by atoms with van der Waals surface area (Å²) >= 11 is 0. The SMILES string of the molecule is CN(C1CCOC1)S(=O)(=O)c1ccc(N)c2cccnc12. The fourth-order valence-corrected chi connectivity index (χ4v) is 4.05. The summed E-state index contributed by atoms with van der Waals surface area (Å²) in [5.74, 6) is 0. The molecule has 0 radical (unpaired) electrons. The Hall–Kier alpha value is -1.70. The van der Waals surface area contributed by atoms with E-state index in [1.807, 2.05) is 0 Å². The second-order valence-corrected chi connectivity index (χ2v) is 7.06. The van der Waals surface area contributed by atoms with Crippen LogP contribution in [0.5, 0.6) is 0 Å². The molecule has 1 atom stereocenters. The molecular weight excluding hydrogens is 290 g/mol. The lowest BCUT2D eigenvalue weighted by Gasteiger charge is -2.23. The number of fused-ring (bicyclic) bond motifs is 1. The van der Waals surface area contributed by atoms with Crippen LogP contribution in [0.2, 0.25) is 0 Å². The van der Waals surface area contributed by atoms with Crippen molar-refractivity contribution in [3.8, 4) is 0 Å². The van der Waals surface area contributed by atoms with Gasteiger partial charge in [-0.1, -0.05) is 0 Å². The maximum atomic E-state index is 12.8. The van der Waals surface area contributed by atoms with E-state index in [2.05, 4.69) is 4.98 Å². The molecule has 0 saturated carbocycles. The Kier molecular flexibility index (Phi) is 3.56. The predicted octanol–water partition coefficient (Wildman–Crippen LogP) is 1.23. The minimum atomic E-state index is -3.63. The largest absolute Gasteiger partial charge is 0.398 e. The molecule has 7 heteroatoms. The number of aromatic nitrogens is 1. The maximum absolute atomic E-state index is 12.8. The van der Waals surface area contributed by atoms with E-state index in [1.54, 1.807) is 31.4 Å². The lowest BCUT2D eigenvalue weighted by Crippen LogP contribution is -2.37. The summed E-state index contributed by atoms with van der Waals surface area (Å²) in [6.45, 7) is 1.02. The Morgan fingerprint density at radius 1 is 1.38 bits per heavy atom. The van der Waals surface area contributed by atoms with E-state index < -0.39 is 10.0 Å². The Morgan fingerprint density at radius 2 is 2.19 bits per heavy atom. The number of pyridine rings is 1. The van der Waals surface area contributed by atoms with Gasteiger partial charge < -0.3 is 10.5 Å². The number of nitrogen functional groups attached to an aromatic ring is 1. The van der Waals surface area contributed by atoms with Crippen LogP contribution >= 0.6 is 0 Å². The molecular formula is C14H17N3O3S. The van der Waals surface area contributed by atoms with Crippen LogP contribution in [0.3, 0.4) is 0 Å². The molecule has 1 saturated heterocycles. The number of benzene rings is 1. The van der Waals surface area contributed by atoms with Gasteiger partial charge in [-0.3, -0.25) is 4.98 Å². The summed E-state index contributed by atoms with van der Waals surface area (Å²) in [7, 11) is -2.05. The summed E-state index contributed by atoms with van der Waals surface area (Å²) in [6.07, 6.45) is 2.27. The van der Waals surface area contributed by atoms with Crippen LogP contribution in [0, 0.1) is 0 Å². The first kappa shape index (κ1) is 14.2. The smallest absolute Gasteiger partial charge is 0.245 e. The van der Waals surface area contributed by atoms with Crippen molar-refractivity contribution >= 4 is 26.6 Å². The van der Waals surface area contributed by atoms with E-state index in [4.69, 9.17) is 10.5 Å². The second kappa shape index (κ2) is 5.25. The van der Waals surface area contributed by atoms with E-state index in [0.717, 1.165) is 0 Å². The van der Waals surface area contributed by atoms with E-state index >= 15 is 0 Å². The fourth-order valence-electron chi connectivity index (χ4n) is 2.54. The molecule has 1 unspecified atom stereocenters. The molecule has 0 spiro atoms. The highest BCUT2D eigenvalue weighted by Crippen LogP contribution is 2.29. The standard InChI is InChI=1S/C14H17N3O3S/c1-17(10-6-8-20-9-10)21(18,19)13-5-4-12(15)11-3-2-7-16-14(11)13/h2-5,7,10H,6,8-9,15H2,1H3. The first-order valence-electron chi connectivity index (χ1n) is 6.71. The normalized spacial score (nSPS) is 19.4. The third-order valence-electron chi connectivity index (χ3n) is 3.84. The van der Waals surface area contributed by atoms with Crippen molar-refractivity contribution in [2.24, 2.45) is 0 Å². The molecule has 3 rings (SSSR count). The van der Waals surface area contributed by atoms with Gasteiger partial charge in [0.05, 0.1) is 18.2 Å². The van der Waals surface area contributed by atoms with Gasteiger partial charge in [-0.05, 0) is 30.7 Å². The summed E-state index contributed by atoms with van der Waals surface area (Å²) < 4.78 is 32.3. The minimum absolute atomic E-state index is 0.133. The van der Waals surface area contributed by atoms with Gasteiger partial charge >= 0.3 is 0 Å². The highest BCUT2D eigenvalue weighted by molar-refractivity contribution is 7.89. The molecule has 1 aliphatic heterocycles. The summed E-state index contributed by atoms with van der Waals surface area (Å²) in [6, 6.07) is 6.51. The second-order valence-electron chi connectivity index (χ2n) is 5.09. The lowest BCUT2D eigenvalue weighted by atomic mass is 10.2. The molecule has 6 nitrogen and oxygen atoms in total. The molecule has 2 N–H and O–H groups in total. The fraction of sp³-hybridized carbons (Fsp3) is 0.357. The van der Waals surface area contributed by atoms with Gasteiger partial charge in [-0.25, -0.2) is 8.42 Å². The van der Waals surface area contributed by atoms with Crippen LogP contribution in [0.25, 0.3) is 10.9 Å². The van der Waals surface area contributed by atoms with Crippen LogP contribution in [0.4, 0.5) is 5.69 Å². The Labute approximate surface area is 123 Å². The van der Waals surface area contributed by atoms with E-state index in [0.29, 0.717) is 36.2 Å². The topological polar surface area (TPSA) is 85.5 Å². The van der Waals surface area contributed by atoms with E-state index in [-0.39, 0.29) is 10.9 Å². The number of sulfonamides is 1. The van der Waals surface area contributed by atoms with Gasteiger partial charge in [-0.15, -0.1) is 0 Å². The van der Waals surface area contributed by atoms with Crippen molar-refractivity contribution in [3.63, 3.8) is 0 Å². The Bertz CT molecular complexity index is 770. The summed E-state index contributed by atoms with van der Waals surface area (Å²) in [4.78, 5) is 4.38. The first-order chi connectivity index (χ1) is 10.0. The third kappa shape index (κ3) is 2.37. The Balaban J connectivity index is 2.13. The van der Waals surface area contributed by atoms with Crippen LogP contribution in [-0.2, 0) is 14.8 Å². The molecule has 2 aromatic rings. The van der Waals surface area contributed by atoms with Crippen molar-refractivity contribution in [2.45, 2.75) is 17.4 Å². The summed E-state index contributed by atoms with van der Waals surface area (Å²) in [5, 5.41) is 0.648. The van der Waals surface area contributed by atoms with Crippen molar-refractivity contribution in [2.75, 3.05) is 26.0 Å². The average Bonchev–Trinajstić information content (AvgIpc) is 3.01. The molecule has 1 aliphatic rings. The monoisotopic (exact) mass is 307 g/mol. The van der Waals surface area contributed by atoms with E-state index in [1.165, 1.54) is 10.4 Å². The van der Waals surface area contributed by atoms with Crippen LogP contribution < -0.4 is 5.73 Å². The summed E-state index contributed by atoms with van der Waals surface area (Å²) in [5.41, 5.74) is 6.82. The van der Waals surface area contributed by atoms with Crippen molar-refractivity contribution in [1.82, 2.24) is 9.29 Å². The van der Waals surface area contributed by atoms with Crippen molar-refractivity contribution in [1.29, 1.82) is 0 Å². The predicted molar refractivity (Wildman–Crippen MR) is 80.3 cm³/mol. The molecule has 0 amide bonds. The zero-order valence-corrected chi connectivity index (χ0v) is 12.5. The maximum Gasteiger partial charge on any atom is 0.245 e. The molecule has 1 aromatic carbocycles. The molecule has 112 valence electrons. The van der Waals surface area contributed by atoms with Crippen LogP contribution in [-0.4, -0.2) is 44.0 Å². The van der Waals surface area contributed by atoms with Crippen molar-refractivity contribution in [3.05, 3.63) is 30.5 Å². The quantitative estimate of drug-likeness (QED) is 0.862. The number of hydrogen-bond donors (Lipinski definition) is 1. The minimum Gasteiger partial charge on any atom is -0.398 e. The van der Waals surface area contributed by atoms with Crippen molar-refractivity contribution < 1.29 is 13.2 Å². The molecule has 0 aliphatic carbocycles. The molecule has 1 aromatic heterocycles. The van der Waals surface area contributed by atoms with Crippen LogP contribution in [0.1, 0.15) is 6.42 Å². The number of nitrogens with zero attached hydrogens (tertiary/aromatic N) is 2. The third-order valence-corrected chi connectivity index (χ3v) is 5.78. The average molecular weight is 307 g/mol. The first-order valence-corrected chi connectivity index (χ1v) is 8.15. The van der Waals surface area contributed by atoms with Gasteiger partial charge in [0.2, 0.25) is 10.0 Å². The lowest BCUT2D eigenvalue weighted by molar-refractivity contribution is 0.181. The number of anilines is 1. The van der Waals surface area contributed by atoms with Gasteiger partial charge in [0.15, 0.2) is 0 Å². The van der Waals surface area contributed by atoms with Gasteiger partial charge in [-0.2, -0.15) is 4.31 Å². The Morgan fingerprint density at radius 3 is 2.90 bits per heavy atom. The van der Waals surface area contributed by atoms with Crippen LogP contribution in [0.15, 0.2) is 35.4 Å².